The molecule has 5 rings (SSSR count). The first-order chi connectivity index (χ1) is 17.6. The molecule has 1 N–H and O–H groups in total. The molecular weight excluding hydrogens is 529 g/mol. The van der Waals surface area contributed by atoms with Crippen molar-refractivity contribution >= 4 is 48.5 Å². The van der Waals surface area contributed by atoms with E-state index in [0.717, 1.165) is 27.7 Å². The lowest BCUT2D eigenvalue weighted by atomic mass is 10.1. The predicted molar refractivity (Wildman–Crippen MR) is 136 cm³/mol. The molecule has 196 valence electrons. The molecule has 1 aliphatic heterocycles. The highest BCUT2D eigenvalue weighted by Crippen LogP contribution is 2.35. The number of piperazine rings is 1. The molecule has 1 atom stereocenters. The second kappa shape index (κ2) is 9.67. The lowest BCUT2D eigenvalue weighted by Crippen LogP contribution is -2.52. The summed E-state index contributed by atoms with van der Waals surface area (Å²) in [5, 5.41) is 3.44. The van der Waals surface area contributed by atoms with Crippen LogP contribution in [0.3, 0.4) is 0 Å². The van der Waals surface area contributed by atoms with Gasteiger partial charge in [-0.25, -0.2) is 9.97 Å². The summed E-state index contributed by atoms with van der Waals surface area (Å²) in [6.07, 6.45) is -3.43. The standard InChI is InChI=1S/C23H23F3N6O3S2/c1-15(29-21-16-5-4-6-17(23(24,25)26)20(16)27-14-28-21)13-30-9-11-31(12-10-30)37(34,35)32-18-7-2-3-8-19(18)36-22(32)33/h2-8,14-15H,9-13H2,1H3,(H,27,28,29)/t15-/m0/s1. The molecule has 0 radical (unpaired) electrons. The molecule has 2 aromatic carbocycles. The van der Waals surface area contributed by atoms with Crippen molar-refractivity contribution in [1.82, 2.24) is 23.1 Å². The molecule has 1 saturated heterocycles. The summed E-state index contributed by atoms with van der Waals surface area (Å²) < 4.78 is 69.4. The van der Waals surface area contributed by atoms with Crippen LogP contribution in [0.5, 0.6) is 0 Å². The number of para-hydroxylation sites is 2. The van der Waals surface area contributed by atoms with E-state index in [1.165, 1.54) is 10.4 Å². The molecule has 0 saturated carbocycles. The van der Waals surface area contributed by atoms with Crippen LogP contribution < -0.4 is 10.2 Å². The first-order valence-electron chi connectivity index (χ1n) is 11.5. The number of hydrogen-bond acceptors (Lipinski definition) is 8. The molecule has 0 unspecified atom stereocenters. The SMILES string of the molecule is C[C@@H](CN1CCN(S(=O)(=O)n2c(=O)sc3ccccc32)CC1)Nc1ncnc2c(C(F)(F)F)cccc12. The van der Waals surface area contributed by atoms with Gasteiger partial charge in [0.15, 0.2) is 0 Å². The number of nitrogens with one attached hydrogen (secondary N) is 1. The Morgan fingerprint density at radius 3 is 2.51 bits per heavy atom. The van der Waals surface area contributed by atoms with Gasteiger partial charge in [0.1, 0.15) is 12.1 Å². The second-order valence-electron chi connectivity index (χ2n) is 8.77. The average Bonchev–Trinajstić information content (AvgIpc) is 3.20. The van der Waals surface area contributed by atoms with Gasteiger partial charge in [-0.1, -0.05) is 29.5 Å². The molecule has 0 bridgehead atoms. The van der Waals surface area contributed by atoms with E-state index in [9.17, 15) is 26.4 Å². The third kappa shape index (κ3) is 4.93. The van der Waals surface area contributed by atoms with Crippen molar-refractivity contribution in [3.05, 3.63) is 64.0 Å². The minimum Gasteiger partial charge on any atom is -0.366 e. The van der Waals surface area contributed by atoms with Gasteiger partial charge in [0.05, 0.1) is 21.3 Å². The Morgan fingerprint density at radius 2 is 1.78 bits per heavy atom. The minimum absolute atomic E-state index is 0.172. The van der Waals surface area contributed by atoms with Crippen LogP contribution in [0.1, 0.15) is 12.5 Å². The Hall–Kier alpha value is -3.07. The maximum atomic E-state index is 13.4. The number of anilines is 1. The van der Waals surface area contributed by atoms with Crippen molar-refractivity contribution in [2.24, 2.45) is 0 Å². The molecule has 0 aliphatic carbocycles. The van der Waals surface area contributed by atoms with Gasteiger partial charge >= 0.3 is 21.3 Å². The molecule has 14 heteroatoms. The molecular formula is C23H23F3N6O3S2. The number of halogens is 3. The summed E-state index contributed by atoms with van der Waals surface area (Å²) in [4.78, 5) is 22.0. The summed E-state index contributed by atoms with van der Waals surface area (Å²) in [7, 11) is -4.02. The molecule has 2 aromatic heterocycles. The van der Waals surface area contributed by atoms with Crippen molar-refractivity contribution in [3.8, 4) is 0 Å². The number of hydrogen-bond donors (Lipinski definition) is 1. The number of benzene rings is 2. The highest BCUT2D eigenvalue weighted by atomic mass is 32.2. The number of nitrogens with zero attached hydrogens (tertiary/aromatic N) is 5. The largest absolute Gasteiger partial charge is 0.418 e. The van der Waals surface area contributed by atoms with Crippen molar-refractivity contribution in [1.29, 1.82) is 0 Å². The van der Waals surface area contributed by atoms with Gasteiger partial charge in [0.25, 0.3) is 0 Å². The van der Waals surface area contributed by atoms with E-state index in [-0.39, 0.29) is 30.0 Å². The second-order valence-corrected chi connectivity index (χ2v) is 11.5. The van der Waals surface area contributed by atoms with Crippen molar-refractivity contribution in [3.63, 3.8) is 0 Å². The van der Waals surface area contributed by atoms with Crippen LogP contribution in [0.25, 0.3) is 21.1 Å². The van der Waals surface area contributed by atoms with Gasteiger partial charge < -0.3 is 5.32 Å². The molecule has 3 heterocycles. The minimum atomic E-state index is -4.53. The molecule has 0 amide bonds. The number of alkyl halides is 3. The quantitative estimate of drug-likeness (QED) is 0.392. The Kier molecular flexibility index (Phi) is 6.68. The normalized spacial score (nSPS) is 16.9. The molecule has 1 aliphatic rings. The lowest BCUT2D eigenvalue weighted by Gasteiger charge is -2.35. The summed E-state index contributed by atoms with van der Waals surface area (Å²) in [5.41, 5.74) is -0.629. The first-order valence-corrected chi connectivity index (χ1v) is 13.7. The fourth-order valence-corrected chi connectivity index (χ4v) is 7.20. The van der Waals surface area contributed by atoms with E-state index in [1.807, 2.05) is 6.92 Å². The molecule has 0 spiro atoms. The van der Waals surface area contributed by atoms with Gasteiger partial charge in [0.2, 0.25) is 0 Å². The Labute approximate surface area is 214 Å². The maximum Gasteiger partial charge on any atom is 0.418 e. The third-order valence-corrected chi connectivity index (χ3v) is 9.10. The summed E-state index contributed by atoms with van der Waals surface area (Å²) in [6.45, 7) is 3.67. The van der Waals surface area contributed by atoms with E-state index in [0.29, 0.717) is 35.7 Å². The van der Waals surface area contributed by atoms with Gasteiger partial charge in [-0.15, -0.1) is 0 Å². The van der Waals surface area contributed by atoms with E-state index < -0.39 is 26.8 Å². The number of thiazole rings is 1. The highest BCUT2D eigenvalue weighted by molar-refractivity contribution is 7.87. The van der Waals surface area contributed by atoms with Crippen molar-refractivity contribution < 1.29 is 21.6 Å². The molecule has 37 heavy (non-hydrogen) atoms. The van der Waals surface area contributed by atoms with E-state index in [2.05, 4.69) is 20.2 Å². The van der Waals surface area contributed by atoms with Gasteiger partial charge in [-0.3, -0.25) is 9.69 Å². The van der Waals surface area contributed by atoms with Crippen LogP contribution in [-0.4, -0.2) is 70.3 Å². The fourth-order valence-electron chi connectivity index (χ4n) is 4.52. The van der Waals surface area contributed by atoms with Crippen LogP contribution in [0.2, 0.25) is 0 Å². The van der Waals surface area contributed by atoms with Gasteiger partial charge in [-0.2, -0.15) is 29.9 Å². The smallest absolute Gasteiger partial charge is 0.366 e. The van der Waals surface area contributed by atoms with Crippen molar-refractivity contribution in [2.75, 3.05) is 38.0 Å². The van der Waals surface area contributed by atoms with Crippen LogP contribution in [0.15, 0.2) is 53.6 Å². The summed E-state index contributed by atoms with van der Waals surface area (Å²) in [6, 6.07) is 10.4. The monoisotopic (exact) mass is 552 g/mol. The highest BCUT2D eigenvalue weighted by Gasteiger charge is 2.34. The van der Waals surface area contributed by atoms with Crippen molar-refractivity contribution in [2.45, 2.75) is 19.1 Å². The lowest BCUT2D eigenvalue weighted by molar-refractivity contribution is -0.136. The summed E-state index contributed by atoms with van der Waals surface area (Å²) in [5.74, 6) is 0.300. The zero-order valence-electron chi connectivity index (χ0n) is 19.6. The zero-order chi connectivity index (χ0) is 26.4. The van der Waals surface area contributed by atoms with Crippen LogP contribution >= 0.6 is 11.3 Å². The number of aromatic nitrogens is 3. The number of rotatable bonds is 6. The van der Waals surface area contributed by atoms with Crippen LogP contribution in [0.4, 0.5) is 19.0 Å². The van der Waals surface area contributed by atoms with Gasteiger partial charge in [-0.05, 0) is 31.2 Å². The van der Waals surface area contributed by atoms with Crippen LogP contribution in [-0.2, 0) is 16.4 Å². The van der Waals surface area contributed by atoms with E-state index in [1.54, 1.807) is 30.3 Å². The Morgan fingerprint density at radius 1 is 1.05 bits per heavy atom. The van der Waals surface area contributed by atoms with E-state index >= 15 is 0 Å². The molecule has 1 fully saturated rings. The molecule has 4 aromatic rings. The average molecular weight is 553 g/mol. The van der Waals surface area contributed by atoms with E-state index in [4.69, 9.17) is 0 Å². The Balaban J connectivity index is 1.26. The third-order valence-electron chi connectivity index (χ3n) is 6.22. The molecule has 9 nitrogen and oxygen atoms in total. The summed E-state index contributed by atoms with van der Waals surface area (Å²) >= 11 is 0.892. The first kappa shape index (κ1) is 25.6. The predicted octanol–water partition coefficient (Wildman–Crippen LogP) is 3.24. The van der Waals surface area contributed by atoms with Crippen LogP contribution in [0, 0.1) is 0 Å². The maximum absolute atomic E-state index is 13.4. The number of fused-ring (bicyclic) bond motifs is 2. The topological polar surface area (TPSA) is 100 Å². The zero-order valence-corrected chi connectivity index (χ0v) is 21.3. The van der Waals surface area contributed by atoms with Gasteiger partial charge in [0, 0.05) is 44.2 Å². The fraction of sp³-hybridized carbons (Fsp3) is 0.348. The Bertz CT molecular complexity index is 1610.